The molecule has 3 rings (SSSR count). The number of hydrogen-bond donors (Lipinski definition) is 1. The van der Waals surface area contributed by atoms with E-state index in [0.29, 0.717) is 12.0 Å². The van der Waals surface area contributed by atoms with Crippen LogP contribution in [0.25, 0.3) is 0 Å². The highest BCUT2D eigenvalue weighted by Crippen LogP contribution is 2.39. The minimum atomic E-state index is 0.404. The Morgan fingerprint density at radius 1 is 1.14 bits per heavy atom. The summed E-state index contributed by atoms with van der Waals surface area (Å²) in [4.78, 5) is 0. The van der Waals surface area contributed by atoms with E-state index in [0.717, 1.165) is 35.0 Å². The summed E-state index contributed by atoms with van der Waals surface area (Å²) in [5.74, 6) is 0.526. The fraction of sp³-hybridized carbons (Fsp3) is 0.333. The van der Waals surface area contributed by atoms with Crippen LogP contribution in [0.2, 0.25) is 10.0 Å². The van der Waals surface area contributed by atoms with E-state index in [-0.39, 0.29) is 0 Å². The smallest absolute Gasteiger partial charge is 0.0439 e. The molecule has 0 fully saturated rings. The largest absolute Gasteiger partial charge is 0.310 e. The normalized spacial score (nSPS) is 20.5. The van der Waals surface area contributed by atoms with Crippen molar-refractivity contribution in [2.45, 2.75) is 25.8 Å². The molecule has 0 saturated carbocycles. The molecule has 2 atom stereocenters. The molecule has 1 N–H and O–H groups in total. The van der Waals surface area contributed by atoms with E-state index >= 15 is 0 Å². The standard InChI is InChI=1S/C18H19Cl2N/c1-2-21-18-14(9-12-5-3-4-6-16(12)18)10-13-11-15(19)7-8-17(13)20/h3-8,11,14,18,21H,2,9-10H2,1H3. The number of hydrogen-bond acceptors (Lipinski definition) is 1. The van der Waals surface area contributed by atoms with Gasteiger partial charge >= 0.3 is 0 Å². The summed E-state index contributed by atoms with van der Waals surface area (Å²) in [5.41, 5.74) is 4.03. The molecule has 0 saturated heterocycles. The topological polar surface area (TPSA) is 12.0 Å². The number of fused-ring (bicyclic) bond motifs is 1. The van der Waals surface area contributed by atoms with Gasteiger partial charge in [-0.25, -0.2) is 0 Å². The predicted octanol–water partition coefficient (Wildman–Crippen LogP) is 5.06. The molecule has 21 heavy (non-hydrogen) atoms. The van der Waals surface area contributed by atoms with E-state index in [4.69, 9.17) is 23.2 Å². The average Bonchev–Trinajstić information content (AvgIpc) is 2.81. The van der Waals surface area contributed by atoms with Crippen LogP contribution in [0.15, 0.2) is 42.5 Å². The van der Waals surface area contributed by atoms with Crippen molar-refractivity contribution in [1.82, 2.24) is 5.32 Å². The maximum absolute atomic E-state index is 6.33. The number of nitrogens with one attached hydrogen (secondary N) is 1. The van der Waals surface area contributed by atoms with Crippen LogP contribution in [-0.2, 0) is 12.8 Å². The Morgan fingerprint density at radius 3 is 2.76 bits per heavy atom. The SMILES string of the molecule is CCNC1c2ccccc2CC1Cc1cc(Cl)ccc1Cl. The first-order valence-electron chi connectivity index (χ1n) is 7.44. The van der Waals surface area contributed by atoms with Crippen molar-refractivity contribution in [1.29, 1.82) is 0 Å². The summed E-state index contributed by atoms with van der Waals surface area (Å²) >= 11 is 12.4. The van der Waals surface area contributed by atoms with Crippen molar-refractivity contribution >= 4 is 23.2 Å². The Hall–Kier alpha value is -1.02. The Kier molecular flexibility index (Phi) is 4.54. The first-order chi connectivity index (χ1) is 10.2. The minimum Gasteiger partial charge on any atom is -0.310 e. The monoisotopic (exact) mass is 319 g/mol. The molecule has 1 aliphatic carbocycles. The Bertz CT molecular complexity index is 639. The lowest BCUT2D eigenvalue weighted by atomic mass is 9.92. The molecule has 110 valence electrons. The summed E-state index contributed by atoms with van der Waals surface area (Å²) in [6.45, 7) is 3.13. The lowest BCUT2D eigenvalue weighted by Gasteiger charge is -2.22. The molecule has 0 bridgehead atoms. The lowest BCUT2D eigenvalue weighted by molar-refractivity contribution is 0.394. The molecule has 0 aromatic heterocycles. The highest BCUT2D eigenvalue weighted by molar-refractivity contribution is 6.33. The maximum Gasteiger partial charge on any atom is 0.0439 e. The van der Waals surface area contributed by atoms with Gasteiger partial charge < -0.3 is 5.32 Å². The van der Waals surface area contributed by atoms with Gasteiger partial charge in [-0.1, -0.05) is 54.4 Å². The van der Waals surface area contributed by atoms with Crippen molar-refractivity contribution in [2.24, 2.45) is 5.92 Å². The molecule has 0 spiro atoms. The molecular weight excluding hydrogens is 301 g/mol. The first-order valence-corrected chi connectivity index (χ1v) is 8.19. The zero-order chi connectivity index (χ0) is 14.8. The zero-order valence-corrected chi connectivity index (χ0v) is 13.6. The van der Waals surface area contributed by atoms with E-state index in [9.17, 15) is 0 Å². The summed E-state index contributed by atoms with van der Waals surface area (Å²) in [7, 11) is 0. The van der Waals surface area contributed by atoms with Gasteiger partial charge in [0.2, 0.25) is 0 Å². The molecule has 2 aromatic rings. The molecule has 1 aliphatic rings. The molecule has 1 nitrogen and oxygen atoms in total. The van der Waals surface area contributed by atoms with Crippen LogP contribution >= 0.6 is 23.2 Å². The van der Waals surface area contributed by atoms with E-state index < -0.39 is 0 Å². The quantitative estimate of drug-likeness (QED) is 0.830. The molecule has 2 aromatic carbocycles. The third kappa shape index (κ3) is 3.11. The van der Waals surface area contributed by atoms with E-state index in [2.05, 4.69) is 36.5 Å². The van der Waals surface area contributed by atoms with Gasteiger partial charge in [0.25, 0.3) is 0 Å². The molecule has 0 heterocycles. The van der Waals surface area contributed by atoms with Crippen LogP contribution in [0.5, 0.6) is 0 Å². The van der Waals surface area contributed by atoms with Crippen molar-refractivity contribution < 1.29 is 0 Å². The second-order valence-electron chi connectivity index (χ2n) is 5.64. The van der Waals surface area contributed by atoms with Crippen LogP contribution in [0, 0.1) is 5.92 Å². The molecule has 0 aliphatic heterocycles. The van der Waals surface area contributed by atoms with Crippen LogP contribution in [-0.4, -0.2) is 6.54 Å². The number of halogens is 2. The average molecular weight is 320 g/mol. The van der Waals surface area contributed by atoms with Gasteiger partial charge in [-0.2, -0.15) is 0 Å². The third-order valence-corrected chi connectivity index (χ3v) is 4.86. The highest BCUT2D eigenvalue weighted by Gasteiger charge is 2.31. The van der Waals surface area contributed by atoms with Crippen LogP contribution < -0.4 is 5.32 Å². The maximum atomic E-state index is 6.33. The van der Waals surface area contributed by atoms with Gasteiger partial charge in [-0.05, 0) is 60.2 Å². The molecular formula is C18H19Cl2N. The summed E-state index contributed by atoms with van der Waals surface area (Å²) < 4.78 is 0. The predicted molar refractivity (Wildman–Crippen MR) is 90.2 cm³/mol. The zero-order valence-electron chi connectivity index (χ0n) is 12.1. The van der Waals surface area contributed by atoms with Crippen molar-refractivity contribution in [2.75, 3.05) is 6.54 Å². The van der Waals surface area contributed by atoms with E-state index in [1.54, 1.807) is 0 Å². The van der Waals surface area contributed by atoms with Gasteiger partial charge in [0, 0.05) is 16.1 Å². The van der Waals surface area contributed by atoms with Gasteiger partial charge in [-0.3, -0.25) is 0 Å². The minimum absolute atomic E-state index is 0.404. The van der Waals surface area contributed by atoms with Crippen molar-refractivity contribution in [3.8, 4) is 0 Å². The first kappa shape index (κ1) is 14.9. The third-order valence-electron chi connectivity index (χ3n) is 4.26. The van der Waals surface area contributed by atoms with Gasteiger partial charge in [0.05, 0.1) is 0 Å². The summed E-state index contributed by atoms with van der Waals surface area (Å²) in [6, 6.07) is 14.9. The lowest BCUT2D eigenvalue weighted by Crippen LogP contribution is -2.26. The Labute approximate surface area is 136 Å². The molecule has 0 amide bonds. The second-order valence-corrected chi connectivity index (χ2v) is 6.48. The van der Waals surface area contributed by atoms with Crippen LogP contribution in [0.1, 0.15) is 29.7 Å². The van der Waals surface area contributed by atoms with Gasteiger partial charge in [0.15, 0.2) is 0 Å². The van der Waals surface area contributed by atoms with Crippen molar-refractivity contribution in [3.05, 3.63) is 69.2 Å². The van der Waals surface area contributed by atoms with Crippen LogP contribution in [0.4, 0.5) is 0 Å². The van der Waals surface area contributed by atoms with Crippen molar-refractivity contribution in [3.63, 3.8) is 0 Å². The summed E-state index contributed by atoms with van der Waals surface area (Å²) in [6.07, 6.45) is 2.04. The van der Waals surface area contributed by atoms with Gasteiger partial charge in [-0.15, -0.1) is 0 Å². The Morgan fingerprint density at radius 2 is 1.95 bits per heavy atom. The number of benzene rings is 2. The fourth-order valence-corrected chi connectivity index (χ4v) is 3.74. The highest BCUT2D eigenvalue weighted by atomic mass is 35.5. The second kappa shape index (κ2) is 6.39. The Balaban J connectivity index is 1.87. The van der Waals surface area contributed by atoms with Crippen LogP contribution in [0.3, 0.4) is 0 Å². The van der Waals surface area contributed by atoms with E-state index in [1.165, 1.54) is 11.1 Å². The molecule has 0 radical (unpaired) electrons. The molecule has 3 heteroatoms. The number of rotatable bonds is 4. The molecule has 2 unspecified atom stereocenters. The van der Waals surface area contributed by atoms with E-state index in [1.807, 2.05) is 18.2 Å². The summed E-state index contributed by atoms with van der Waals surface area (Å²) in [5, 5.41) is 5.19. The van der Waals surface area contributed by atoms with Gasteiger partial charge in [0.1, 0.15) is 0 Å². The fourth-order valence-electron chi connectivity index (χ4n) is 3.35.